The first-order chi connectivity index (χ1) is 7.90. The summed E-state index contributed by atoms with van der Waals surface area (Å²) in [6.07, 6.45) is 6.93. The lowest BCUT2D eigenvalue weighted by Crippen LogP contribution is -2.39. The predicted molar refractivity (Wildman–Crippen MR) is 67.6 cm³/mol. The number of nitrogens with zero attached hydrogens (tertiary/aromatic N) is 2. The molecule has 3 heteroatoms. The van der Waals surface area contributed by atoms with Crippen LogP contribution < -0.4 is 0 Å². The van der Waals surface area contributed by atoms with Gasteiger partial charge in [0.25, 0.3) is 0 Å². The second-order valence-electron chi connectivity index (χ2n) is 4.42. The van der Waals surface area contributed by atoms with Crippen molar-refractivity contribution in [3.05, 3.63) is 30.1 Å². The van der Waals surface area contributed by atoms with E-state index in [4.69, 9.17) is 11.6 Å². The number of hydrogen-bond donors (Lipinski definition) is 0. The molecule has 1 aromatic rings. The van der Waals surface area contributed by atoms with Crippen LogP contribution in [0.3, 0.4) is 0 Å². The van der Waals surface area contributed by atoms with Gasteiger partial charge < -0.3 is 0 Å². The van der Waals surface area contributed by atoms with Crippen LogP contribution in [0.4, 0.5) is 0 Å². The molecule has 1 saturated heterocycles. The van der Waals surface area contributed by atoms with Crippen LogP contribution in [0.1, 0.15) is 31.4 Å². The maximum absolute atomic E-state index is 5.86. The highest BCUT2D eigenvalue weighted by atomic mass is 35.5. The van der Waals surface area contributed by atoms with Gasteiger partial charge in [0.2, 0.25) is 0 Å². The quantitative estimate of drug-likeness (QED) is 0.750. The van der Waals surface area contributed by atoms with Crippen LogP contribution in [-0.4, -0.2) is 28.4 Å². The van der Waals surface area contributed by atoms with Crippen molar-refractivity contribution in [2.75, 3.05) is 12.4 Å². The molecule has 0 saturated carbocycles. The van der Waals surface area contributed by atoms with Crippen LogP contribution in [0, 0.1) is 0 Å². The van der Waals surface area contributed by atoms with E-state index in [2.05, 4.69) is 22.0 Å². The maximum atomic E-state index is 5.86. The number of hydrogen-bond acceptors (Lipinski definition) is 2. The third-order valence-electron chi connectivity index (χ3n) is 3.28. The molecule has 1 atom stereocenters. The van der Waals surface area contributed by atoms with E-state index < -0.39 is 0 Å². The Hall–Kier alpha value is -0.600. The van der Waals surface area contributed by atoms with Crippen LogP contribution in [0.2, 0.25) is 0 Å². The summed E-state index contributed by atoms with van der Waals surface area (Å²) in [7, 11) is 0. The molecule has 2 heterocycles. The molecule has 0 N–H and O–H groups in total. The van der Waals surface area contributed by atoms with Gasteiger partial charge in [0.1, 0.15) is 0 Å². The molecule has 0 aromatic carbocycles. The molecular formula is C13H19ClN2. The lowest BCUT2D eigenvalue weighted by atomic mass is 10.00. The minimum Gasteiger partial charge on any atom is -0.295 e. The van der Waals surface area contributed by atoms with Gasteiger partial charge >= 0.3 is 0 Å². The monoisotopic (exact) mass is 238 g/mol. The van der Waals surface area contributed by atoms with Crippen LogP contribution in [-0.2, 0) is 6.54 Å². The summed E-state index contributed by atoms with van der Waals surface area (Å²) >= 11 is 5.86. The van der Waals surface area contributed by atoms with E-state index in [1.54, 1.807) is 0 Å². The van der Waals surface area contributed by atoms with E-state index in [1.807, 2.05) is 12.3 Å². The molecule has 1 fully saturated rings. The second kappa shape index (κ2) is 6.21. The Morgan fingerprint density at radius 1 is 1.38 bits per heavy atom. The minimum atomic E-state index is 0.660. The minimum absolute atomic E-state index is 0.660. The molecule has 2 rings (SSSR count). The molecule has 0 aliphatic carbocycles. The predicted octanol–water partition coefficient (Wildman–Crippen LogP) is 3.07. The molecule has 0 bridgehead atoms. The van der Waals surface area contributed by atoms with Gasteiger partial charge in [0.15, 0.2) is 0 Å². The van der Waals surface area contributed by atoms with E-state index in [9.17, 15) is 0 Å². The number of rotatable bonds is 4. The van der Waals surface area contributed by atoms with Crippen molar-refractivity contribution >= 4 is 11.6 Å². The largest absolute Gasteiger partial charge is 0.295 e. The van der Waals surface area contributed by atoms with Crippen LogP contribution in [0.5, 0.6) is 0 Å². The summed E-state index contributed by atoms with van der Waals surface area (Å²) in [4.78, 5) is 6.93. The molecule has 0 amide bonds. The fraction of sp³-hybridized carbons (Fsp3) is 0.615. The number of piperidine rings is 1. The fourth-order valence-corrected chi connectivity index (χ4v) is 2.67. The number of likely N-dealkylation sites (tertiary alicyclic amines) is 1. The summed E-state index contributed by atoms with van der Waals surface area (Å²) in [5.41, 5.74) is 1.17. The highest BCUT2D eigenvalue weighted by molar-refractivity contribution is 6.17. The number of aromatic nitrogens is 1. The summed E-state index contributed by atoms with van der Waals surface area (Å²) in [5, 5.41) is 0. The lowest BCUT2D eigenvalue weighted by molar-refractivity contribution is 0.135. The highest BCUT2D eigenvalue weighted by Gasteiger charge is 2.21. The van der Waals surface area contributed by atoms with Crippen molar-refractivity contribution in [2.24, 2.45) is 0 Å². The van der Waals surface area contributed by atoms with Gasteiger partial charge in [-0.1, -0.05) is 12.5 Å². The zero-order chi connectivity index (χ0) is 11.2. The average molecular weight is 239 g/mol. The van der Waals surface area contributed by atoms with Gasteiger partial charge in [-0.15, -0.1) is 11.6 Å². The van der Waals surface area contributed by atoms with Crippen LogP contribution in [0.15, 0.2) is 24.4 Å². The van der Waals surface area contributed by atoms with Crippen molar-refractivity contribution in [3.63, 3.8) is 0 Å². The van der Waals surface area contributed by atoms with Crippen molar-refractivity contribution in [2.45, 2.75) is 38.3 Å². The van der Waals surface area contributed by atoms with Crippen LogP contribution >= 0.6 is 11.6 Å². The Morgan fingerprint density at radius 2 is 2.31 bits per heavy atom. The Bertz CT molecular complexity index is 300. The van der Waals surface area contributed by atoms with E-state index >= 15 is 0 Å². The number of halogens is 1. The normalized spacial score (nSPS) is 22.2. The Labute approximate surface area is 103 Å². The van der Waals surface area contributed by atoms with E-state index in [0.717, 1.165) is 18.8 Å². The molecule has 1 aliphatic heterocycles. The second-order valence-corrected chi connectivity index (χ2v) is 4.80. The van der Waals surface area contributed by atoms with Gasteiger partial charge in [-0.2, -0.15) is 0 Å². The van der Waals surface area contributed by atoms with Gasteiger partial charge in [-0.05, 0) is 37.9 Å². The van der Waals surface area contributed by atoms with Gasteiger partial charge in [-0.25, -0.2) is 0 Å². The average Bonchev–Trinajstić information content (AvgIpc) is 2.33. The van der Waals surface area contributed by atoms with E-state index in [-0.39, 0.29) is 0 Å². The third kappa shape index (κ3) is 3.19. The van der Waals surface area contributed by atoms with Gasteiger partial charge in [0.05, 0.1) is 5.69 Å². The fourth-order valence-electron chi connectivity index (χ4n) is 2.42. The van der Waals surface area contributed by atoms with Gasteiger partial charge in [-0.3, -0.25) is 9.88 Å². The highest BCUT2D eigenvalue weighted by Crippen LogP contribution is 2.21. The van der Waals surface area contributed by atoms with Gasteiger partial charge in [0, 0.05) is 24.7 Å². The van der Waals surface area contributed by atoms with E-state index in [1.165, 1.54) is 31.5 Å². The van der Waals surface area contributed by atoms with Crippen molar-refractivity contribution in [1.82, 2.24) is 9.88 Å². The summed E-state index contributed by atoms with van der Waals surface area (Å²) in [6.45, 7) is 2.17. The zero-order valence-corrected chi connectivity index (χ0v) is 10.4. The molecule has 88 valence electrons. The SMILES string of the molecule is ClCCC1CCCCN1Cc1ccccn1. The molecule has 1 unspecified atom stereocenters. The Balaban J connectivity index is 1.96. The molecule has 1 aromatic heterocycles. The van der Waals surface area contributed by atoms with Crippen LogP contribution in [0.25, 0.3) is 0 Å². The first-order valence-corrected chi connectivity index (χ1v) is 6.63. The first kappa shape index (κ1) is 11.9. The maximum Gasteiger partial charge on any atom is 0.0544 e. The number of pyridine rings is 1. The van der Waals surface area contributed by atoms with E-state index in [0.29, 0.717) is 6.04 Å². The standard InChI is InChI=1S/C13H19ClN2/c14-8-7-13-6-2-4-10-16(13)11-12-5-1-3-9-15-12/h1,3,5,9,13H,2,4,6-8,10-11H2. The molecule has 0 spiro atoms. The molecule has 1 aliphatic rings. The van der Waals surface area contributed by atoms with Crippen molar-refractivity contribution < 1.29 is 0 Å². The molecular weight excluding hydrogens is 220 g/mol. The molecule has 2 nitrogen and oxygen atoms in total. The van der Waals surface area contributed by atoms with Crippen molar-refractivity contribution in [3.8, 4) is 0 Å². The summed E-state index contributed by atoms with van der Waals surface area (Å²) in [6, 6.07) is 6.79. The molecule has 16 heavy (non-hydrogen) atoms. The first-order valence-electron chi connectivity index (χ1n) is 6.10. The Morgan fingerprint density at radius 3 is 3.06 bits per heavy atom. The summed E-state index contributed by atoms with van der Waals surface area (Å²) < 4.78 is 0. The summed E-state index contributed by atoms with van der Waals surface area (Å²) in [5.74, 6) is 0.767. The topological polar surface area (TPSA) is 16.1 Å². The van der Waals surface area contributed by atoms with Crippen molar-refractivity contribution in [1.29, 1.82) is 0 Å². The lowest BCUT2D eigenvalue weighted by Gasteiger charge is -2.35. The Kier molecular flexibility index (Phi) is 4.61. The number of alkyl halides is 1. The zero-order valence-electron chi connectivity index (χ0n) is 9.61. The smallest absolute Gasteiger partial charge is 0.0544 e. The third-order valence-corrected chi connectivity index (χ3v) is 3.50. The molecule has 0 radical (unpaired) electrons.